The monoisotopic (exact) mass is 297 g/mol. The molecule has 4 aromatic rings. The normalized spacial score (nSPS) is 11.3. The van der Waals surface area contributed by atoms with Gasteiger partial charge in [-0.1, -0.05) is 17.4 Å². The fraction of sp³-hybridized carbons (Fsp3) is 0.0769. The first-order valence-corrected chi connectivity index (χ1v) is 7.11. The topological polar surface area (TPSA) is 105 Å². The maximum atomic E-state index is 5.70. The first-order chi connectivity index (χ1) is 10.2. The van der Waals surface area contributed by atoms with E-state index < -0.39 is 0 Å². The molecule has 1 aromatic carbocycles. The van der Waals surface area contributed by atoms with Gasteiger partial charge in [-0.05, 0) is 24.6 Å². The van der Waals surface area contributed by atoms with Gasteiger partial charge in [0.05, 0.1) is 16.5 Å². The zero-order valence-electron chi connectivity index (χ0n) is 11.1. The van der Waals surface area contributed by atoms with Gasteiger partial charge >= 0.3 is 0 Å². The van der Waals surface area contributed by atoms with Gasteiger partial charge in [0.2, 0.25) is 5.95 Å². The molecule has 4 rings (SSSR count). The molecule has 8 heteroatoms. The Kier molecular flexibility index (Phi) is 2.51. The van der Waals surface area contributed by atoms with Crippen molar-refractivity contribution in [3.8, 4) is 0 Å². The van der Waals surface area contributed by atoms with E-state index >= 15 is 0 Å². The highest BCUT2D eigenvalue weighted by Crippen LogP contribution is 2.30. The van der Waals surface area contributed by atoms with E-state index in [2.05, 4.69) is 43.2 Å². The molecule has 3 aromatic heterocycles. The lowest BCUT2D eigenvalue weighted by molar-refractivity contribution is 1.21. The van der Waals surface area contributed by atoms with Crippen LogP contribution in [0.15, 0.2) is 24.5 Å². The van der Waals surface area contributed by atoms with Gasteiger partial charge in [-0.2, -0.15) is 9.97 Å². The first kappa shape index (κ1) is 12.0. The third kappa shape index (κ3) is 2.05. The molecule has 0 bridgehead atoms. The Morgan fingerprint density at radius 1 is 1.24 bits per heavy atom. The molecule has 4 N–H and O–H groups in total. The minimum absolute atomic E-state index is 0.175. The van der Waals surface area contributed by atoms with Crippen LogP contribution in [0.5, 0.6) is 0 Å². The number of aromatic nitrogens is 5. The Bertz CT molecular complexity index is 956. The fourth-order valence-electron chi connectivity index (χ4n) is 2.13. The number of nitrogen functional groups attached to an aromatic ring is 1. The average molecular weight is 297 g/mol. The molecule has 0 saturated heterocycles. The Hall–Kier alpha value is -2.74. The van der Waals surface area contributed by atoms with Crippen LogP contribution in [0.1, 0.15) is 5.56 Å². The standard InChI is InChI=1S/C13H11N7S/c1-6-2-3-7-8(4-6)21-13(17-7)20-11-9-10(16-5-15-9)18-12(14)19-11/h2-5H,1H3,(H4,14,15,16,17,18,19,20). The van der Waals surface area contributed by atoms with Crippen molar-refractivity contribution in [2.45, 2.75) is 6.92 Å². The number of H-pyrrole nitrogens is 1. The number of nitrogens with one attached hydrogen (secondary N) is 2. The van der Waals surface area contributed by atoms with Crippen molar-refractivity contribution in [2.24, 2.45) is 0 Å². The van der Waals surface area contributed by atoms with E-state index in [4.69, 9.17) is 5.73 Å². The van der Waals surface area contributed by atoms with E-state index in [1.54, 1.807) is 17.7 Å². The number of aromatic amines is 1. The van der Waals surface area contributed by atoms with Crippen molar-refractivity contribution in [3.05, 3.63) is 30.1 Å². The molecule has 0 atom stereocenters. The van der Waals surface area contributed by atoms with E-state index in [0.29, 0.717) is 17.0 Å². The van der Waals surface area contributed by atoms with Crippen molar-refractivity contribution in [2.75, 3.05) is 11.1 Å². The predicted octanol–water partition coefficient (Wildman–Crippen LogP) is 2.60. The van der Waals surface area contributed by atoms with Crippen LogP contribution in [0.25, 0.3) is 21.4 Å². The molecule has 104 valence electrons. The number of fused-ring (bicyclic) bond motifs is 2. The molecule has 0 fully saturated rings. The minimum Gasteiger partial charge on any atom is -0.368 e. The van der Waals surface area contributed by atoms with Crippen LogP contribution >= 0.6 is 11.3 Å². The highest BCUT2D eigenvalue weighted by molar-refractivity contribution is 7.22. The van der Waals surface area contributed by atoms with Crippen LogP contribution in [-0.4, -0.2) is 24.9 Å². The van der Waals surface area contributed by atoms with Gasteiger partial charge in [-0.25, -0.2) is 9.97 Å². The van der Waals surface area contributed by atoms with Crippen LogP contribution in [0.2, 0.25) is 0 Å². The Morgan fingerprint density at radius 3 is 3.05 bits per heavy atom. The number of anilines is 3. The fourth-order valence-corrected chi connectivity index (χ4v) is 3.09. The lowest BCUT2D eigenvalue weighted by Gasteiger charge is -2.02. The van der Waals surface area contributed by atoms with Crippen molar-refractivity contribution in [3.63, 3.8) is 0 Å². The van der Waals surface area contributed by atoms with E-state index in [0.717, 1.165) is 15.3 Å². The molecule has 0 amide bonds. The molecule has 0 unspecified atom stereocenters. The second-order valence-electron chi connectivity index (χ2n) is 4.65. The Balaban J connectivity index is 1.80. The molecular weight excluding hydrogens is 286 g/mol. The van der Waals surface area contributed by atoms with E-state index in [-0.39, 0.29) is 5.95 Å². The van der Waals surface area contributed by atoms with Crippen LogP contribution in [0.3, 0.4) is 0 Å². The Morgan fingerprint density at radius 2 is 2.14 bits per heavy atom. The van der Waals surface area contributed by atoms with Crippen LogP contribution in [-0.2, 0) is 0 Å². The number of hydrogen-bond donors (Lipinski definition) is 3. The summed E-state index contributed by atoms with van der Waals surface area (Å²) in [6, 6.07) is 6.16. The summed E-state index contributed by atoms with van der Waals surface area (Å²) in [5.74, 6) is 0.750. The van der Waals surface area contributed by atoms with E-state index in [1.807, 2.05) is 12.1 Å². The number of aryl methyl sites for hydroxylation is 1. The number of nitrogens with two attached hydrogens (primary N) is 1. The lowest BCUT2D eigenvalue weighted by atomic mass is 10.2. The van der Waals surface area contributed by atoms with Crippen molar-refractivity contribution < 1.29 is 0 Å². The van der Waals surface area contributed by atoms with Gasteiger partial charge in [-0.15, -0.1) is 0 Å². The van der Waals surface area contributed by atoms with Gasteiger partial charge in [0.1, 0.15) is 5.52 Å². The van der Waals surface area contributed by atoms with Gasteiger partial charge in [-0.3, -0.25) is 0 Å². The smallest absolute Gasteiger partial charge is 0.224 e. The highest BCUT2D eigenvalue weighted by atomic mass is 32.1. The largest absolute Gasteiger partial charge is 0.368 e. The minimum atomic E-state index is 0.175. The molecule has 0 saturated carbocycles. The number of benzene rings is 1. The number of rotatable bonds is 2. The quantitative estimate of drug-likeness (QED) is 0.525. The number of hydrogen-bond acceptors (Lipinski definition) is 7. The van der Waals surface area contributed by atoms with Crippen molar-refractivity contribution >= 4 is 49.6 Å². The zero-order valence-corrected chi connectivity index (χ0v) is 11.9. The number of imidazole rings is 1. The molecule has 7 nitrogen and oxygen atoms in total. The van der Waals surface area contributed by atoms with Gasteiger partial charge < -0.3 is 16.0 Å². The summed E-state index contributed by atoms with van der Waals surface area (Å²) in [6.07, 6.45) is 1.56. The number of nitrogens with zero attached hydrogens (tertiary/aromatic N) is 4. The maximum absolute atomic E-state index is 5.70. The van der Waals surface area contributed by atoms with Crippen LogP contribution in [0.4, 0.5) is 16.9 Å². The third-order valence-corrected chi connectivity index (χ3v) is 4.01. The highest BCUT2D eigenvalue weighted by Gasteiger charge is 2.11. The first-order valence-electron chi connectivity index (χ1n) is 6.30. The van der Waals surface area contributed by atoms with E-state index in [9.17, 15) is 0 Å². The van der Waals surface area contributed by atoms with E-state index in [1.165, 1.54) is 5.56 Å². The van der Waals surface area contributed by atoms with Crippen LogP contribution < -0.4 is 11.1 Å². The average Bonchev–Trinajstić information content (AvgIpc) is 3.03. The summed E-state index contributed by atoms with van der Waals surface area (Å²) in [6.45, 7) is 2.06. The molecule has 3 heterocycles. The summed E-state index contributed by atoms with van der Waals surface area (Å²) in [5.41, 5.74) is 9.10. The molecule has 0 radical (unpaired) electrons. The van der Waals surface area contributed by atoms with Gasteiger partial charge in [0.15, 0.2) is 16.6 Å². The molecule has 0 aliphatic heterocycles. The van der Waals surface area contributed by atoms with Gasteiger partial charge in [0, 0.05) is 0 Å². The second-order valence-corrected chi connectivity index (χ2v) is 5.68. The molecule has 0 aliphatic rings. The summed E-state index contributed by atoms with van der Waals surface area (Å²) in [5, 5.41) is 3.94. The van der Waals surface area contributed by atoms with Gasteiger partial charge in [0.25, 0.3) is 0 Å². The zero-order chi connectivity index (χ0) is 14.4. The molecular formula is C13H11N7S. The summed E-state index contributed by atoms with van der Waals surface area (Å²) in [7, 11) is 0. The number of thiazole rings is 1. The summed E-state index contributed by atoms with van der Waals surface area (Å²) < 4.78 is 1.13. The molecule has 0 spiro atoms. The summed E-state index contributed by atoms with van der Waals surface area (Å²) >= 11 is 1.57. The van der Waals surface area contributed by atoms with Crippen molar-refractivity contribution in [1.82, 2.24) is 24.9 Å². The third-order valence-electron chi connectivity index (χ3n) is 3.07. The lowest BCUT2D eigenvalue weighted by Crippen LogP contribution is -2.01. The van der Waals surface area contributed by atoms with Crippen molar-refractivity contribution in [1.29, 1.82) is 0 Å². The Labute approximate surface area is 123 Å². The predicted molar refractivity (Wildman–Crippen MR) is 83.7 cm³/mol. The molecule has 0 aliphatic carbocycles. The molecule has 21 heavy (non-hydrogen) atoms. The second kappa shape index (κ2) is 4.38. The summed E-state index contributed by atoms with van der Waals surface area (Å²) in [4.78, 5) is 19.9. The van der Waals surface area contributed by atoms with Crippen LogP contribution in [0, 0.1) is 6.92 Å². The SMILES string of the molecule is Cc1ccc2nc(Nc3nc(N)nc4nc[nH]c34)sc2c1. The maximum Gasteiger partial charge on any atom is 0.224 e.